The summed E-state index contributed by atoms with van der Waals surface area (Å²) in [6, 6.07) is 3.92. The fourth-order valence-corrected chi connectivity index (χ4v) is 4.05. The maximum Gasteiger partial charge on any atom is 0.460 e. The molecule has 0 aromatic heterocycles. The summed E-state index contributed by atoms with van der Waals surface area (Å²) in [6.45, 7) is 1.28. The van der Waals surface area contributed by atoms with Gasteiger partial charge in [0, 0.05) is 5.56 Å². The van der Waals surface area contributed by atoms with Crippen molar-refractivity contribution in [3.05, 3.63) is 23.8 Å². The first kappa shape index (κ1) is 22.5. The largest absolute Gasteiger partial charge is 0.493 e. The third-order valence-corrected chi connectivity index (χ3v) is 5.69. The molecule has 2 bridgehead atoms. The van der Waals surface area contributed by atoms with Gasteiger partial charge in [-0.05, 0) is 44.4 Å². The quantitative estimate of drug-likeness (QED) is 0.397. The molecule has 3 saturated carbocycles. The molecule has 0 unspecified atom stereocenters. The van der Waals surface area contributed by atoms with Crippen LogP contribution in [0.3, 0.4) is 0 Å². The summed E-state index contributed by atoms with van der Waals surface area (Å²) in [4.78, 5) is 11.4. The lowest BCUT2D eigenvalue weighted by molar-refractivity contribution is -0.447. The van der Waals surface area contributed by atoms with Gasteiger partial charge in [-0.25, -0.2) is 0 Å². The number of hydrogen-bond acceptors (Lipinski definition) is 3. The van der Waals surface area contributed by atoms with Crippen LogP contribution in [-0.2, 0) is 0 Å². The van der Waals surface area contributed by atoms with Crippen molar-refractivity contribution in [3.8, 4) is 11.5 Å². The molecule has 0 aliphatic heterocycles. The zero-order valence-electron chi connectivity index (χ0n) is 15.5. The maximum atomic E-state index is 14.2. The molecule has 0 heterocycles. The summed E-state index contributed by atoms with van der Waals surface area (Å²) in [7, 11) is 1.23. The number of ketones is 1. The number of methoxy groups -OCH3 is 1. The Morgan fingerprint density at radius 1 is 0.900 bits per heavy atom. The van der Waals surface area contributed by atoms with Gasteiger partial charge in [0.15, 0.2) is 17.3 Å². The third-order valence-electron chi connectivity index (χ3n) is 5.69. The second-order valence-electron chi connectivity index (χ2n) is 7.74. The molecule has 30 heavy (non-hydrogen) atoms. The molecule has 0 atom stereocenters. The molecular formula is C18H15F9O3. The number of benzene rings is 1. The van der Waals surface area contributed by atoms with E-state index in [1.54, 1.807) is 0 Å². The number of carbonyl (C=O) groups is 1. The van der Waals surface area contributed by atoms with Crippen LogP contribution in [0.1, 0.15) is 36.5 Å². The summed E-state index contributed by atoms with van der Waals surface area (Å²) in [5.41, 5.74) is -3.91. The smallest absolute Gasteiger partial charge is 0.460 e. The highest BCUT2D eigenvalue weighted by atomic mass is 19.4. The van der Waals surface area contributed by atoms with Crippen LogP contribution in [0, 0.1) is 5.41 Å². The van der Waals surface area contributed by atoms with Crippen molar-refractivity contribution in [2.24, 2.45) is 5.41 Å². The van der Waals surface area contributed by atoms with E-state index >= 15 is 0 Å². The van der Waals surface area contributed by atoms with Gasteiger partial charge in [0.2, 0.25) is 0 Å². The number of carbonyl (C=O) groups excluding carboxylic acids is 1. The number of ether oxygens (including phenoxy) is 2. The molecule has 0 amide bonds. The predicted molar refractivity (Wildman–Crippen MR) is 83.5 cm³/mol. The summed E-state index contributed by atoms with van der Waals surface area (Å²) in [5.74, 6) is -19.4. The number of Topliss-reactive ketones (excluding diaryl/α,β-unsaturated/α-hetero) is 1. The Morgan fingerprint density at radius 2 is 1.43 bits per heavy atom. The monoisotopic (exact) mass is 450 g/mol. The third kappa shape index (κ3) is 2.78. The molecule has 3 nitrogen and oxygen atoms in total. The minimum absolute atomic E-state index is 0.00787. The van der Waals surface area contributed by atoms with E-state index in [2.05, 4.69) is 0 Å². The number of halogens is 9. The lowest BCUT2D eigenvalue weighted by atomic mass is 9.38. The first-order valence-corrected chi connectivity index (χ1v) is 8.53. The Hall–Kier alpha value is -2.14. The van der Waals surface area contributed by atoms with E-state index in [-0.39, 0.29) is 22.8 Å². The van der Waals surface area contributed by atoms with Crippen molar-refractivity contribution in [1.29, 1.82) is 0 Å². The van der Waals surface area contributed by atoms with E-state index < -0.39 is 54.2 Å². The lowest BCUT2D eigenvalue weighted by Crippen LogP contribution is -2.80. The Labute approximate surface area is 164 Å². The van der Waals surface area contributed by atoms with E-state index in [1.165, 1.54) is 32.2 Å². The second-order valence-corrected chi connectivity index (χ2v) is 7.74. The Bertz CT molecular complexity index is 856. The summed E-state index contributed by atoms with van der Waals surface area (Å²) in [5, 5.41) is 0. The van der Waals surface area contributed by atoms with Gasteiger partial charge in [-0.1, -0.05) is 0 Å². The first-order chi connectivity index (χ1) is 13.5. The fraction of sp³-hybridized carbons (Fsp3) is 0.611. The van der Waals surface area contributed by atoms with E-state index in [9.17, 15) is 44.3 Å². The first-order valence-electron chi connectivity index (χ1n) is 8.53. The van der Waals surface area contributed by atoms with Crippen LogP contribution >= 0.6 is 0 Å². The molecule has 3 fully saturated rings. The van der Waals surface area contributed by atoms with Gasteiger partial charge in [0.1, 0.15) is 5.60 Å². The zero-order valence-corrected chi connectivity index (χ0v) is 15.5. The van der Waals surface area contributed by atoms with Crippen molar-refractivity contribution in [1.82, 2.24) is 0 Å². The summed E-state index contributed by atoms with van der Waals surface area (Å²) < 4.78 is 130. The molecule has 12 heteroatoms. The molecule has 4 rings (SSSR count). The normalized spacial score (nSPS) is 26.5. The highest BCUT2D eigenvalue weighted by Gasteiger charge is 2.91. The van der Waals surface area contributed by atoms with Gasteiger partial charge < -0.3 is 9.47 Å². The zero-order chi connectivity index (χ0) is 23.0. The summed E-state index contributed by atoms with van der Waals surface area (Å²) in [6.07, 6.45) is -9.36. The average molecular weight is 450 g/mol. The highest BCUT2D eigenvalue weighted by molar-refractivity contribution is 5.94. The van der Waals surface area contributed by atoms with Crippen LogP contribution in [0.5, 0.6) is 11.5 Å². The Balaban J connectivity index is 1.79. The molecule has 0 saturated heterocycles. The fourth-order valence-electron chi connectivity index (χ4n) is 4.05. The molecule has 0 radical (unpaired) electrons. The van der Waals surface area contributed by atoms with E-state index in [0.29, 0.717) is 0 Å². The minimum atomic E-state index is -6.90. The molecule has 1 aromatic carbocycles. The molecule has 0 spiro atoms. The number of alkyl halides is 9. The molecule has 0 N–H and O–H groups in total. The van der Waals surface area contributed by atoms with Gasteiger partial charge in [-0.3, -0.25) is 4.79 Å². The Kier molecular flexibility index (Phi) is 4.65. The minimum Gasteiger partial charge on any atom is -0.493 e. The van der Waals surface area contributed by atoms with Crippen LogP contribution in [0.15, 0.2) is 18.2 Å². The van der Waals surface area contributed by atoms with Crippen molar-refractivity contribution < 1.29 is 53.8 Å². The molecule has 3 aliphatic rings. The molecule has 168 valence electrons. The van der Waals surface area contributed by atoms with Crippen molar-refractivity contribution >= 4 is 5.78 Å². The topological polar surface area (TPSA) is 35.5 Å². The van der Waals surface area contributed by atoms with Crippen molar-refractivity contribution in [2.75, 3.05) is 7.11 Å². The van der Waals surface area contributed by atoms with Gasteiger partial charge in [0.25, 0.3) is 0 Å². The van der Waals surface area contributed by atoms with Crippen LogP contribution in [0.4, 0.5) is 39.5 Å². The average Bonchev–Trinajstić information content (AvgIpc) is 2.54. The van der Waals surface area contributed by atoms with Crippen LogP contribution < -0.4 is 9.47 Å². The van der Waals surface area contributed by atoms with Crippen LogP contribution in [-0.4, -0.2) is 42.4 Å². The molecular weight excluding hydrogens is 435 g/mol. The van der Waals surface area contributed by atoms with E-state index in [4.69, 9.17) is 9.47 Å². The molecule has 3 aliphatic carbocycles. The SMILES string of the molecule is COc1cc(C(C)=O)ccc1OC12CC(C(F)(F)C(F)(F)C(F)(F)C(F)(F)F)(C1)C2. The molecule has 1 aromatic rings. The predicted octanol–water partition coefficient (Wildman–Crippen LogP) is 5.67. The van der Waals surface area contributed by atoms with Crippen LogP contribution in [0.25, 0.3) is 0 Å². The Morgan fingerprint density at radius 3 is 1.87 bits per heavy atom. The van der Waals surface area contributed by atoms with E-state index in [0.717, 1.165) is 0 Å². The maximum absolute atomic E-state index is 14.2. The van der Waals surface area contributed by atoms with Gasteiger partial charge in [0.05, 0.1) is 12.5 Å². The van der Waals surface area contributed by atoms with E-state index in [1.807, 2.05) is 0 Å². The standard InChI is InChI=1S/C18H15F9O3/c1-9(28)10-3-4-11(12(5-10)29-2)30-14-6-13(7-14,8-14)15(19,20)16(21,22)17(23,24)18(25,26)27/h3-5H,6-8H2,1-2H3. The van der Waals surface area contributed by atoms with Crippen molar-refractivity contribution in [2.45, 2.75) is 55.7 Å². The van der Waals surface area contributed by atoms with Crippen LogP contribution in [0.2, 0.25) is 0 Å². The number of rotatable bonds is 7. The van der Waals surface area contributed by atoms with Gasteiger partial charge in [-0.2, -0.15) is 39.5 Å². The highest BCUT2D eigenvalue weighted by Crippen LogP contribution is 2.77. The number of hydrogen-bond donors (Lipinski definition) is 0. The van der Waals surface area contributed by atoms with Gasteiger partial charge >= 0.3 is 23.9 Å². The van der Waals surface area contributed by atoms with Crippen molar-refractivity contribution in [3.63, 3.8) is 0 Å². The second kappa shape index (κ2) is 6.19. The lowest BCUT2D eigenvalue weighted by Gasteiger charge is -2.71. The van der Waals surface area contributed by atoms with Gasteiger partial charge in [-0.15, -0.1) is 0 Å². The summed E-state index contributed by atoms with van der Waals surface area (Å²) >= 11 is 0.